The van der Waals surface area contributed by atoms with Gasteiger partial charge >= 0.3 is 12.2 Å². The van der Waals surface area contributed by atoms with Crippen LogP contribution in [0.3, 0.4) is 0 Å². The maximum Gasteiger partial charge on any atom is 0.425 e. The number of amides is 2. The van der Waals surface area contributed by atoms with Crippen molar-refractivity contribution in [3.63, 3.8) is 0 Å². The number of nitrogens with zero attached hydrogens (tertiary/aromatic N) is 2. The highest BCUT2D eigenvalue weighted by molar-refractivity contribution is 6.36. The van der Waals surface area contributed by atoms with Crippen LogP contribution in [0.2, 0.25) is 10.0 Å². The monoisotopic (exact) mass is 500 g/mol. The highest BCUT2D eigenvalue weighted by Crippen LogP contribution is 2.37. The van der Waals surface area contributed by atoms with Crippen molar-refractivity contribution in [3.8, 4) is 5.75 Å². The van der Waals surface area contributed by atoms with E-state index < -0.39 is 35.3 Å². The van der Waals surface area contributed by atoms with Gasteiger partial charge in [0.05, 0.1) is 5.02 Å². The molecular weight excluding hydrogens is 474 g/mol. The number of rotatable bonds is 4. The first-order valence-corrected chi connectivity index (χ1v) is 10.9. The van der Waals surface area contributed by atoms with Gasteiger partial charge in [-0.3, -0.25) is 0 Å². The number of halogens is 3. The van der Waals surface area contributed by atoms with Crippen LogP contribution in [0, 0.1) is 5.82 Å². The van der Waals surface area contributed by atoms with Crippen molar-refractivity contribution in [2.45, 2.75) is 65.8 Å². The molecule has 2 aromatic rings. The van der Waals surface area contributed by atoms with E-state index >= 15 is 0 Å². The first-order valence-electron chi connectivity index (χ1n) is 10.1. The number of ether oxygens (including phenoxy) is 3. The van der Waals surface area contributed by atoms with Gasteiger partial charge in [-0.05, 0) is 72.7 Å². The number of hydrogen-bond acceptors (Lipinski definition) is 6. The van der Waals surface area contributed by atoms with E-state index in [0.29, 0.717) is 4.90 Å². The topological polar surface area (TPSA) is 78.0 Å². The first kappa shape index (κ1) is 26.7. The highest BCUT2D eigenvalue weighted by Gasteiger charge is 2.36. The molecule has 0 aliphatic heterocycles. The zero-order valence-electron chi connectivity index (χ0n) is 19.5. The van der Waals surface area contributed by atoms with Crippen LogP contribution in [0.5, 0.6) is 5.75 Å². The number of imide groups is 1. The minimum Gasteiger partial charge on any atom is -0.482 e. The van der Waals surface area contributed by atoms with Crippen LogP contribution in [-0.2, 0) is 9.47 Å². The van der Waals surface area contributed by atoms with E-state index in [4.69, 9.17) is 37.4 Å². The molecule has 33 heavy (non-hydrogen) atoms. The molecule has 1 aromatic heterocycles. The molecule has 1 atom stereocenters. The van der Waals surface area contributed by atoms with Crippen molar-refractivity contribution in [3.05, 3.63) is 51.9 Å². The lowest BCUT2D eigenvalue weighted by Gasteiger charge is -2.29. The molecule has 7 nitrogen and oxygen atoms in total. The molecule has 1 aromatic carbocycles. The lowest BCUT2D eigenvalue weighted by molar-refractivity contribution is 0.0426. The Labute approximate surface area is 202 Å². The highest BCUT2D eigenvalue weighted by atomic mass is 35.5. The van der Waals surface area contributed by atoms with E-state index in [2.05, 4.69) is 4.98 Å². The Hall–Kier alpha value is -2.58. The van der Waals surface area contributed by atoms with E-state index in [1.807, 2.05) is 0 Å². The molecule has 180 valence electrons. The van der Waals surface area contributed by atoms with Crippen LogP contribution in [0.25, 0.3) is 0 Å². The summed E-state index contributed by atoms with van der Waals surface area (Å²) < 4.78 is 30.7. The second-order valence-corrected chi connectivity index (χ2v) is 9.92. The molecule has 0 bridgehead atoms. The Balaban J connectivity index is 2.51. The van der Waals surface area contributed by atoms with Gasteiger partial charge in [-0.25, -0.2) is 19.0 Å². The Morgan fingerprint density at radius 2 is 1.55 bits per heavy atom. The van der Waals surface area contributed by atoms with Gasteiger partial charge in [0.1, 0.15) is 23.1 Å². The molecule has 0 unspecified atom stereocenters. The third kappa shape index (κ3) is 7.20. The molecule has 0 saturated carbocycles. The minimum atomic E-state index is -1.00. The molecule has 1 heterocycles. The number of anilines is 1. The Bertz CT molecular complexity index is 1010. The Kier molecular flexibility index (Phi) is 8.19. The maximum absolute atomic E-state index is 14.0. The van der Waals surface area contributed by atoms with Gasteiger partial charge in [-0.1, -0.05) is 23.2 Å². The minimum absolute atomic E-state index is 0.0260. The molecule has 0 radical (unpaired) electrons. The summed E-state index contributed by atoms with van der Waals surface area (Å²) in [4.78, 5) is 30.7. The van der Waals surface area contributed by atoms with Crippen LogP contribution in [-0.4, -0.2) is 28.4 Å². The molecule has 0 fully saturated rings. The van der Waals surface area contributed by atoms with Gasteiger partial charge in [-0.15, -0.1) is 0 Å². The van der Waals surface area contributed by atoms with Crippen LogP contribution < -0.4 is 9.64 Å². The molecule has 0 saturated heterocycles. The summed E-state index contributed by atoms with van der Waals surface area (Å²) >= 11 is 12.3. The molecule has 0 spiro atoms. The summed E-state index contributed by atoms with van der Waals surface area (Å²) in [5.41, 5.74) is -1.60. The Morgan fingerprint density at radius 1 is 1.00 bits per heavy atom. The zero-order chi connectivity index (χ0) is 25.1. The number of pyridine rings is 1. The Morgan fingerprint density at radius 3 is 2.06 bits per heavy atom. The van der Waals surface area contributed by atoms with Crippen LogP contribution in [0.4, 0.5) is 19.8 Å². The standard InChI is InChI=1S/C23H27Cl2FN2O5/c1-13(17-14(24)10-11-15(26)18(17)25)31-16-9-8-12-27-19(16)28(20(29)32-22(2,3)4)21(30)33-23(5,6)7/h8-13H,1-7H3/t13-/m1/s1. The molecule has 10 heteroatoms. The van der Waals surface area contributed by atoms with Crippen LogP contribution >= 0.6 is 23.2 Å². The second kappa shape index (κ2) is 10.1. The average molecular weight is 501 g/mol. The summed E-state index contributed by atoms with van der Waals surface area (Å²) in [6.45, 7) is 11.5. The van der Waals surface area contributed by atoms with Crippen molar-refractivity contribution < 1.29 is 28.2 Å². The molecule has 0 aliphatic carbocycles. The van der Waals surface area contributed by atoms with Crippen molar-refractivity contribution in [1.82, 2.24) is 4.98 Å². The number of hydrogen-bond donors (Lipinski definition) is 0. The lowest BCUT2D eigenvalue weighted by Crippen LogP contribution is -2.44. The van der Waals surface area contributed by atoms with Crippen molar-refractivity contribution in [2.75, 3.05) is 4.90 Å². The fourth-order valence-electron chi connectivity index (χ4n) is 2.67. The van der Waals surface area contributed by atoms with Crippen LogP contribution in [0.1, 0.15) is 60.1 Å². The fraction of sp³-hybridized carbons (Fsp3) is 0.435. The molecule has 0 N–H and O–H groups in total. The van der Waals surface area contributed by atoms with Gasteiger partial charge in [0, 0.05) is 16.8 Å². The number of aromatic nitrogens is 1. The summed E-state index contributed by atoms with van der Waals surface area (Å²) in [5, 5.41) is -0.00735. The predicted molar refractivity (Wildman–Crippen MR) is 125 cm³/mol. The van der Waals surface area contributed by atoms with Crippen LogP contribution in [0.15, 0.2) is 30.5 Å². The van der Waals surface area contributed by atoms with Crippen molar-refractivity contribution in [2.24, 2.45) is 0 Å². The summed E-state index contributed by atoms with van der Waals surface area (Å²) in [7, 11) is 0. The van der Waals surface area contributed by atoms with E-state index in [1.54, 1.807) is 54.5 Å². The van der Waals surface area contributed by atoms with Gasteiger partial charge in [-0.2, -0.15) is 4.90 Å². The van der Waals surface area contributed by atoms with Gasteiger partial charge in [0.15, 0.2) is 11.6 Å². The summed E-state index contributed by atoms with van der Waals surface area (Å²) in [5.74, 6) is -0.809. The molecule has 0 aliphatic rings. The molecular formula is C23H27Cl2FN2O5. The quantitative estimate of drug-likeness (QED) is 0.408. The third-order valence-electron chi connectivity index (χ3n) is 3.90. The zero-order valence-corrected chi connectivity index (χ0v) is 21.0. The maximum atomic E-state index is 14.0. The largest absolute Gasteiger partial charge is 0.482 e. The van der Waals surface area contributed by atoms with E-state index in [0.717, 1.165) is 6.07 Å². The SMILES string of the molecule is C[C@@H](Oc1cccnc1N(C(=O)OC(C)(C)C)C(=O)OC(C)(C)C)c1c(Cl)ccc(F)c1Cl. The number of benzene rings is 1. The van der Waals surface area contributed by atoms with Gasteiger partial charge < -0.3 is 14.2 Å². The van der Waals surface area contributed by atoms with E-state index in [9.17, 15) is 14.0 Å². The molecule has 2 rings (SSSR count). The van der Waals surface area contributed by atoms with Crippen molar-refractivity contribution >= 4 is 41.2 Å². The lowest BCUT2D eigenvalue weighted by atomic mass is 10.1. The van der Waals surface area contributed by atoms with E-state index in [-0.39, 0.29) is 27.2 Å². The average Bonchev–Trinajstić information content (AvgIpc) is 2.63. The fourth-order valence-corrected chi connectivity index (χ4v) is 3.35. The summed E-state index contributed by atoms with van der Waals surface area (Å²) in [6, 6.07) is 5.53. The summed E-state index contributed by atoms with van der Waals surface area (Å²) in [6.07, 6.45) is -1.50. The number of carbonyl (C=O) groups excluding carboxylic acids is 2. The van der Waals surface area contributed by atoms with Gasteiger partial charge in [0.2, 0.25) is 0 Å². The van der Waals surface area contributed by atoms with Gasteiger partial charge in [0.25, 0.3) is 0 Å². The van der Waals surface area contributed by atoms with E-state index in [1.165, 1.54) is 18.3 Å². The predicted octanol–water partition coefficient (Wildman–Crippen LogP) is 7.34. The third-order valence-corrected chi connectivity index (χ3v) is 4.62. The molecule has 2 amide bonds. The number of carbonyl (C=O) groups is 2. The normalized spacial score (nSPS) is 12.7. The first-order chi connectivity index (χ1) is 15.1. The smallest absolute Gasteiger partial charge is 0.425 e. The second-order valence-electron chi connectivity index (χ2n) is 9.14. The van der Waals surface area contributed by atoms with Crippen molar-refractivity contribution in [1.29, 1.82) is 0 Å².